The average molecular weight is 317 g/mol. The third-order valence-corrected chi connectivity index (χ3v) is 3.35. The van der Waals surface area contributed by atoms with Crippen molar-refractivity contribution >= 4 is 21.6 Å². The van der Waals surface area contributed by atoms with Gasteiger partial charge in [0, 0.05) is 17.8 Å². The van der Waals surface area contributed by atoms with Gasteiger partial charge >= 0.3 is 0 Å². The molecule has 0 aliphatic heterocycles. The Hall–Kier alpha value is -1.51. The van der Waals surface area contributed by atoms with Crippen LogP contribution in [0.3, 0.4) is 0 Å². The van der Waals surface area contributed by atoms with Crippen molar-refractivity contribution in [3.8, 4) is 0 Å². The SMILES string of the molecule is CC(C)(CNCC(=O)Nc1cccc(F)c1)NS(C)(=O)=O. The lowest BCUT2D eigenvalue weighted by atomic mass is 10.1. The Labute approximate surface area is 124 Å². The smallest absolute Gasteiger partial charge is 0.238 e. The number of anilines is 1. The molecule has 3 N–H and O–H groups in total. The third-order valence-electron chi connectivity index (χ3n) is 2.42. The van der Waals surface area contributed by atoms with Gasteiger partial charge in [0.15, 0.2) is 0 Å². The highest BCUT2D eigenvalue weighted by molar-refractivity contribution is 7.88. The number of carbonyl (C=O) groups excluding carboxylic acids is 1. The molecule has 118 valence electrons. The monoisotopic (exact) mass is 317 g/mol. The zero-order chi connectivity index (χ0) is 16.1. The highest BCUT2D eigenvalue weighted by atomic mass is 32.2. The van der Waals surface area contributed by atoms with E-state index in [9.17, 15) is 17.6 Å². The molecule has 0 radical (unpaired) electrons. The van der Waals surface area contributed by atoms with Gasteiger partial charge in [-0.15, -0.1) is 0 Å². The second-order valence-electron chi connectivity index (χ2n) is 5.42. The first-order chi connectivity index (χ1) is 9.57. The second-order valence-corrected chi connectivity index (χ2v) is 7.17. The molecule has 1 aromatic carbocycles. The minimum atomic E-state index is -3.32. The Balaban J connectivity index is 2.40. The molecule has 0 atom stereocenters. The van der Waals surface area contributed by atoms with Gasteiger partial charge in [0.1, 0.15) is 5.82 Å². The average Bonchev–Trinajstić information content (AvgIpc) is 2.24. The van der Waals surface area contributed by atoms with E-state index in [4.69, 9.17) is 0 Å². The molecule has 0 aromatic heterocycles. The van der Waals surface area contributed by atoms with Crippen LogP contribution in [0.15, 0.2) is 24.3 Å². The zero-order valence-corrected chi connectivity index (χ0v) is 13.1. The molecule has 8 heteroatoms. The maximum absolute atomic E-state index is 13.0. The number of amides is 1. The van der Waals surface area contributed by atoms with Gasteiger partial charge in [-0.2, -0.15) is 0 Å². The molecular formula is C13H20FN3O3S. The lowest BCUT2D eigenvalue weighted by molar-refractivity contribution is -0.115. The topological polar surface area (TPSA) is 87.3 Å². The van der Waals surface area contributed by atoms with Crippen LogP contribution in [-0.4, -0.2) is 39.2 Å². The first-order valence-electron chi connectivity index (χ1n) is 6.32. The van der Waals surface area contributed by atoms with Crippen LogP contribution in [0.4, 0.5) is 10.1 Å². The number of hydrogen-bond donors (Lipinski definition) is 3. The van der Waals surface area contributed by atoms with Crippen molar-refractivity contribution in [2.75, 3.05) is 24.7 Å². The molecule has 0 spiro atoms. The normalized spacial score (nSPS) is 12.2. The molecule has 0 aliphatic rings. The minimum absolute atomic E-state index is 0.00855. The Kier molecular flexibility index (Phi) is 5.82. The van der Waals surface area contributed by atoms with E-state index in [0.717, 1.165) is 6.26 Å². The summed E-state index contributed by atoms with van der Waals surface area (Å²) >= 11 is 0. The molecule has 0 heterocycles. The van der Waals surface area contributed by atoms with Crippen molar-refractivity contribution in [3.05, 3.63) is 30.1 Å². The number of halogens is 1. The molecule has 21 heavy (non-hydrogen) atoms. The van der Waals surface area contributed by atoms with Crippen molar-refractivity contribution in [2.45, 2.75) is 19.4 Å². The van der Waals surface area contributed by atoms with Crippen molar-refractivity contribution in [1.82, 2.24) is 10.0 Å². The van der Waals surface area contributed by atoms with Gasteiger partial charge < -0.3 is 10.6 Å². The van der Waals surface area contributed by atoms with Crippen LogP contribution in [0, 0.1) is 5.82 Å². The standard InChI is InChI=1S/C13H20FN3O3S/c1-13(2,17-21(3,19)20)9-15-8-12(18)16-11-6-4-5-10(14)7-11/h4-7,15,17H,8-9H2,1-3H3,(H,16,18). The molecule has 0 aliphatic carbocycles. The van der Waals surface area contributed by atoms with Gasteiger partial charge in [-0.05, 0) is 32.0 Å². The molecule has 0 saturated carbocycles. The molecule has 0 saturated heterocycles. The molecule has 0 bridgehead atoms. The number of rotatable bonds is 7. The van der Waals surface area contributed by atoms with Crippen LogP contribution < -0.4 is 15.4 Å². The number of hydrogen-bond acceptors (Lipinski definition) is 4. The van der Waals surface area contributed by atoms with Crippen molar-refractivity contribution in [2.24, 2.45) is 0 Å². The first kappa shape index (κ1) is 17.5. The van der Waals surface area contributed by atoms with E-state index in [0.29, 0.717) is 5.69 Å². The molecule has 1 rings (SSSR count). The third kappa shape index (κ3) is 7.74. The lowest BCUT2D eigenvalue weighted by Gasteiger charge is -2.25. The number of carbonyl (C=O) groups is 1. The fraction of sp³-hybridized carbons (Fsp3) is 0.462. The van der Waals surface area contributed by atoms with Gasteiger partial charge in [0.05, 0.1) is 12.8 Å². The summed E-state index contributed by atoms with van der Waals surface area (Å²) < 4.78 is 37.7. The van der Waals surface area contributed by atoms with E-state index in [1.807, 2.05) is 0 Å². The van der Waals surface area contributed by atoms with Gasteiger partial charge in [0.25, 0.3) is 0 Å². The van der Waals surface area contributed by atoms with E-state index in [-0.39, 0.29) is 19.0 Å². The summed E-state index contributed by atoms with van der Waals surface area (Å²) in [5.41, 5.74) is -0.345. The van der Waals surface area contributed by atoms with Crippen molar-refractivity contribution in [3.63, 3.8) is 0 Å². The quantitative estimate of drug-likeness (QED) is 0.690. The predicted octanol–water partition coefficient (Wildman–Crippen LogP) is 0.682. The van der Waals surface area contributed by atoms with Crippen molar-refractivity contribution in [1.29, 1.82) is 0 Å². The van der Waals surface area contributed by atoms with Gasteiger partial charge in [0.2, 0.25) is 15.9 Å². The van der Waals surface area contributed by atoms with Gasteiger partial charge in [-0.1, -0.05) is 6.07 Å². The summed E-state index contributed by atoms with van der Waals surface area (Å²) in [4.78, 5) is 11.7. The predicted molar refractivity (Wildman–Crippen MR) is 80.0 cm³/mol. The summed E-state index contributed by atoms with van der Waals surface area (Å²) in [6.45, 7) is 3.67. The maximum Gasteiger partial charge on any atom is 0.238 e. The Bertz CT molecular complexity index is 602. The Morgan fingerprint density at radius 2 is 2.00 bits per heavy atom. The number of sulfonamides is 1. The fourth-order valence-corrected chi connectivity index (χ4v) is 2.87. The van der Waals surface area contributed by atoms with Crippen LogP contribution in [0.2, 0.25) is 0 Å². The number of nitrogens with one attached hydrogen (secondary N) is 3. The molecule has 1 aromatic rings. The van der Waals surface area contributed by atoms with Crippen LogP contribution in [-0.2, 0) is 14.8 Å². The van der Waals surface area contributed by atoms with E-state index in [2.05, 4.69) is 15.4 Å². The summed E-state index contributed by atoms with van der Waals surface area (Å²) in [5, 5.41) is 5.39. The Morgan fingerprint density at radius 3 is 2.57 bits per heavy atom. The zero-order valence-electron chi connectivity index (χ0n) is 12.2. The molecule has 1 amide bonds. The summed E-state index contributed by atoms with van der Waals surface area (Å²) in [6.07, 6.45) is 1.07. The van der Waals surface area contributed by atoms with Crippen LogP contribution in [0.5, 0.6) is 0 Å². The van der Waals surface area contributed by atoms with Crippen LogP contribution in [0.1, 0.15) is 13.8 Å². The highest BCUT2D eigenvalue weighted by Gasteiger charge is 2.21. The first-order valence-corrected chi connectivity index (χ1v) is 8.22. The van der Waals surface area contributed by atoms with E-state index in [1.54, 1.807) is 19.9 Å². The summed E-state index contributed by atoms with van der Waals surface area (Å²) in [6, 6.07) is 5.58. The fourth-order valence-electron chi connectivity index (χ4n) is 1.80. The van der Waals surface area contributed by atoms with Crippen LogP contribution in [0.25, 0.3) is 0 Å². The highest BCUT2D eigenvalue weighted by Crippen LogP contribution is 2.08. The molecular weight excluding hydrogens is 297 g/mol. The molecule has 0 unspecified atom stereocenters. The van der Waals surface area contributed by atoms with E-state index < -0.39 is 21.4 Å². The van der Waals surface area contributed by atoms with E-state index >= 15 is 0 Å². The largest absolute Gasteiger partial charge is 0.325 e. The summed E-state index contributed by atoms with van der Waals surface area (Å²) in [5.74, 6) is -0.769. The maximum atomic E-state index is 13.0. The van der Waals surface area contributed by atoms with E-state index in [1.165, 1.54) is 18.2 Å². The Morgan fingerprint density at radius 1 is 1.33 bits per heavy atom. The van der Waals surface area contributed by atoms with Crippen LogP contribution >= 0.6 is 0 Å². The molecule has 6 nitrogen and oxygen atoms in total. The minimum Gasteiger partial charge on any atom is -0.325 e. The lowest BCUT2D eigenvalue weighted by Crippen LogP contribution is -2.50. The summed E-state index contributed by atoms with van der Waals surface area (Å²) in [7, 11) is -3.32. The van der Waals surface area contributed by atoms with Gasteiger partial charge in [-0.3, -0.25) is 4.79 Å². The second kappa shape index (κ2) is 6.97. The van der Waals surface area contributed by atoms with Gasteiger partial charge in [-0.25, -0.2) is 17.5 Å². The number of benzene rings is 1. The molecule has 0 fully saturated rings. The van der Waals surface area contributed by atoms with Crippen molar-refractivity contribution < 1.29 is 17.6 Å².